The maximum absolute atomic E-state index is 6.19. The first-order valence-electron chi connectivity index (χ1n) is 8.21. The van der Waals surface area contributed by atoms with Crippen molar-refractivity contribution in [3.8, 4) is 0 Å². The second-order valence-corrected chi connectivity index (χ2v) is 6.59. The molecule has 0 amide bonds. The summed E-state index contributed by atoms with van der Waals surface area (Å²) < 4.78 is 5.55. The lowest BCUT2D eigenvalue weighted by molar-refractivity contribution is 0.000397. The van der Waals surface area contributed by atoms with Gasteiger partial charge in [-0.25, -0.2) is 0 Å². The molecule has 2 atom stereocenters. The molecule has 2 unspecified atom stereocenters. The van der Waals surface area contributed by atoms with Crippen LogP contribution in [0.25, 0.3) is 0 Å². The summed E-state index contributed by atoms with van der Waals surface area (Å²) in [5.74, 6) is 1.72. The highest BCUT2D eigenvalue weighted by Crippen LogP contribution is 2.44. The molecule has 0 aromatic carbocycles. The van der Waals surface area contributed by atoms with Crippen molar-refractivity contribution in [2.24, 2.45) is 17.6 Å². The maximum Gasteiger partial charge on any atom is 0.0661 e. The summed E-state index contributed by atoms with van der Waals surface area (Å²) in [5.41, 5.74) is 6.32. The Morgan fingerprint density at radius 3 is 2.58 bits per heavy atom. The number of likely N-dealkylation sites (tertiary alicyclic amines) is 1. The molecule has 1 aliphatic carbocycles. The zero-order chi connectivity index (χ0) is 13.7. The molecule has 2 aliphatic rings. The highest BCUT2D eigenvalue weighted by atomic mass is 16.5. The van der Waals surface area contributed by atoms with E-state index in [0.717, 1.165) is 25.0 Å². The number of nitrogens with two attached hydrogens (primary N) is 1. The SMILES string of the molecule is CCCC1CCCN(C(CN)(COC)C2CC2)CC1. The largest absolute Gasteiger partial charge is 0.383 e. The van der Waals surface area contributed by atoms with E-state index < -0.39 is 0 Å². The summed E-state index contributed by atoms with van der Waals surface area (Å²) in [7, 11) is 1.82. The molecule has 0 bridgehead atoms. The Bertz CT molecular complexity index is 267. The van der Waals surface area contributed by atoms with Gasteiger partial charge in [-0.15, -0.1) is 0 Å². The summed E-state index contributed by atoms with van der Waals surface area (Å²) in [6, 6.07) is 0. The van der Waals surface area contributed by atoms with Crippen LogP contribution in [0.2, 0.25) is 0 Å². The maximum atomic E-state index is 6.19. The molecule has 2 N–H and O–H groups in total. The lowest BCUT2D eigenvalue weighted by Crippen LogP contribution is -2.59. The second-order valence-electron chi connectivity index (χ2n) is 6.59. The first-order valence-corrected chi connectivity index (χ1v) is 8.21. The van der Waals surface area contributed by atoms with Crippen LogP contribution < -0.4 is 5.73 Å². The Morgan fingerprint density at radius 1 is 1.21 bits per heavy atom. The third kappa shape index (κ3) is 3.50. The third-order valence-corrected chi connectivity index (χ3v) is 5.26. The molecule has 2 rings (SSSR count). The Kier molecular flexibility index (Phi) is 5.67. The zero-order valence-electron chi connectivity index (χ0n) is 12.9. The highest BCUT2D eigenvalue weighted by Gasteiger charge is 2.48. The van der Waals surface area contributed by atoms with Crippen LogP contribution in [0.1, 0.15) is 51.9 Å². The molecular formula is C16H32N2O. The van der Waals surface area contributed by atoms with Gasteiger partial charge in [-0.05, 0) is 57.0 Å². The van der Waals surface area contributed by atoms with Gasteiger partial charge in [-0.3, -0.25) is 4.90 Å². The van der Waals surface area contributed by atoms with Crippen molar-refractivity contribution in [3.63, 3.8) is 0 Å². The van der Waals surface area contributed by atoms with Gasteiger partial charge in [0.1, 0.15) is 0 Å². The van der Waals surface area contributed by atoms with Gasteiger partial charge in [0, 0.05) is 13.7 Å². The lowest BCUT2D eigenvalue weighted by atomic mass is 9.91. The molecule has 1 heterocycles. The Balaban J connectivity index is 2.01. The fourth-order valence-corrected chi connectivity index (χ4v) is 4.00. The van der Waals surface area contributed by atoms with E-state index in [1.54, 1.807) is 0 Å². The van der Waals surface area contributed by atoms with Crippen molar-refractivity contribution in [1.29, 1.82) is 0 Å². The minimum atomic E-state index is 0.135. The van der Waals surface area contributed by atoms with Gasteiger partial charge >= 0.3 is 0 Å². The molecule has 0 aromatic heterocycles. The van der Waals surface area contributed by atoms with Crippen molar-refractivity contribution in [1.82, 2.24) is 4.90 Å². The molecule has 1 saturated carbocycles. The van der Waals surface area contributed by atoms with Gasteiger partial charge in [0.25, 0.3) is 0 Å². The number of nitrogens with zero attached hydrogens (tertiary/aromatic N) is 1. The molecule has 112 valence electrons. The van der Waals surface area contributed by atoms with Gasteiger partial charge in [0.2, 0.25) is 0 Å². The highest BCUT2D eigenvalue weighted by molar-refractivity contribution is 5.04. The standard InChI is InChI=1S/C16H32N2O/c1-3-5-14-6-4-10-18(11-9-14)16(12-17,13-19-2)15-7-8-15/h14-15H,3-13,17H2,1-2H3. The Labute approximate surface area is 118 Å². The van der Waals surface area contributed by atoms with Crippen molar-refractivity contribution >= 4 is 0 Å². The molecule has 0 radical (unpaired) electrons. The van der Waals surface area contributed by atoms with Crippen molar-refractivity contribution in [3.05, 3.63) is 0 Å². The number of methoxy groups -OCH3 is 1. The van der Waals surface area contributed by atoms with Gasteiger partial charge in [-0.1, -0.05) is 19.8 Å². The fraction of sp³-hybridized carbons (Fsp3) is 1.00. The first-order chi connectivity index (χ1) is 9.26. The number of ether oxygens (including phenoxy) is 1. The molecule has 0 aromatic rings. The predicted octanol–water partition coefficient (Wildman–Crippen LogP) is 2.64. The molecule has 0 spiro atoms. The first kappa shape index (κ1) is 15.3. The normalized spacial score (nSPS) is 28.9. The zero-order valence-corrected chi connectivity index (χ0v) is 12.9. The van der Waals surface area contributed by atoms with Crippen LogP contribution in [-0.4, -0.2) is 43.8 Å². The summed E-state index contributed by atoms with van der Waals surface area (Å²) in [4.78, 5) is 2.68. The van der Waals surface area contributed by atoms with Crippen molar-refractivity contribution in [2.45, 2.75) is 57.4 Å². The number of hydrogen-bond donors (Lipinski definition) is 1. The summed E-state index contributed by atoms with van der Waals surface area (Å²) in [6.07, 6.45) is 9.51. The van der Waals surface area contributed by atoms with E-state index in [2.05, 4.69) is 11.8 Å². The van der Waals surface area contributed by atoms with E-state index in [9.17, 15) is 0 Å². The quantitative estimate of drug-likeness (QED) is 0.771. The predicted molar refractivity (Wildman–Crippen MR) is 80.2 cm³/mol. The molecule has 3 nitrogen and oxygen atoms in total. The van der Waals surface area contributed by atoms with Crippen LogP contribution in [-0.2, 0) is 4.74 Å². The molecule has 2 fully saturated rings. The molecule has 1 saturated heterocycles. The van der Waals surface area contributed by atoms with E-state index in [1.807, 2.05) is 7.11 Å². The summed E-state index contributed by atoms with van der Waals surface area (Å²) >= 11 is 0. The van der Waals surface area contributed by atoms with Gasteiger partial charge in [-0.2, -0.15) is 0 Å². The monoisotopic (exact) mass is 268 g/mol. The van der Waals surface area contributed by atoms with E-state index in [-0.39, 0.29) is 5.54 Å². The average Bonchev–Trinajstić information content (AvgIpc) is 3.24. The van der Waals surface area contributed by atoms with Crippen LogP contribution in [0.3, 0.4) is 0 Å². The van der Waals surface area contributed by atoms with Crippen LogP contribution >= 0.6 is 0 Å². The Hall–Kier alpha value is -0.120. The number of hydrogen-bond acceptors (Lipinski definition) is 3. The van der Waals surface area contributed by atoms with Crippen LogP contribution in [0.4, 0.5) is 0 Å². The summed E-state index contributed by atoms with van der Waals surface area (Å²) in [5, 5.41) is 0. The fourth-order valence-electron chi connectivity index (χ4n) is 4.00. The third-order valence-electron chi connectivity index (χ3n) is 5.26. The second kappa shape index (κ2) is 7.05. The van der Waals surface area contributed by atoms with Crippen LogP contribution in [0.15, 0.2) is 0 Å². The van der Waals surface area contributed by atoms with Crippen LogP contribution in [0, 0.1) is 11.8 Å². The molecule has 19 heavy (non-hydrogen) atoms. The van der Waals surface area contributed by atoms with Crippen molar-refractivity contribution in [2.75, 3.05) is 33.4 Å². The van der Waals surface area contributed by atoms with Crippen molar-refractivity contribution < 1.29 is 4.74 Å². The average molecular weight is 268 g/mol. The van der Waals surface area contributed by atoms with E-state index in [0.29, 0.717) is 0 Å². The van der Waals surface area contributed by atoms with E-state index in [4.69, 9.17) is 10.5 Å². The van der Waals surface area contributed by atoms with Gasteiger partial charge < -0.3 is 10.5 Å². The Morgan fingerprint density at radius 2 is 2.00 bits per heavy atom. The molecule has 1 aliphatic heterocycles. The smallest absolute Gasteiger partial charge is 0.0661 e. The molecule has 3 heteroatoms. The molecular weight excluding hydrogens is 236 g/mol. The van der Waals surface area contributed by atoms with E-state index in [1.165, 1.54) is 58.0 Å². The van der Waals surface area contributed by atoms with E-state index >= 15 is 0 Å². The minimum Gasteiger partial charge on any atom is -0.383 e. The van der Waals surface area contributed by atoms with Gasteiger partial charge in [0.15, 0.2) is 0 Å². The lowest BCUT2D eigenvalue weighted by Gasteiger charge is -2.43. The van der Waals surface area contributed by atoms with Crippen LogP contribution in [0.5, 0.6) is 0 Å². The minimum absolute atomic E-state index is 0.135. The summed E-state index contributed by atoms with van der Waals surface area (Å²) in [6.45, 7) is 6.32. The number of rotatable bonds is 7. The van der Waals surface area contributed by atoms with Gasteiger partial charge in [0.05, 0.1) is 12.1 Å². The topological polar surface area (TPSA) is 38.5 Å².